The Hall–Kier alpha value is -4.02. The highest BCUT2D eigenvalue weighted by Crippen LogP contribution is 2.45. The Morgan fingerprint density at radius 2 is 0.520 bits per heavy atom. The van der Waals surface area contributed by atoms with Crippen molar-refractivity contribution in [2.45, 2.75) is 367 Å². The van der Waals surface area contributed by atoms with Gasteiger partial charge in [-0.2, -0.15) is 0 Å². The Morgan fingerprint density at radius 1 is 0.284 bits per heavy atom. The molecular weight excluding hydrogens is 1330 g/mol. The fourth-order valence-electron chi connectivity index (χ4n) is 10.9. The maximum atomic E-state index is 13.1. The van der Waals surface area contributed by atoms with Crippen molar-refractivity contribution < 1.29 is 80.2 Å². The number of carbonyl (C=O) groups excluding carboxylic acids is 4. The van der Waals surface area contributed by atoms with Gasteiger partial charge in [-0.3, -0.25) is 37.3 Å². The highest BCUT2D eigenvalue weighted by Gasteiger charge is 2.30. The highest BCUT2D eigenvalue weighted by atomic mass is 31.2. The second-order valence-electron chi connectivity index (χ2n) is 27.0. The summed E-state index contributed by atoms with van der Waals surface area (Å²) in [5.41, 5.74) is 0. The molecule has 0 aliphatic carbocycles. The minimum atomic E-state index is -4.98. The van der Waals surface area contributed by atoms with Crippen LogP contribution in [0.4, 0.5) is 0 Å². The minimum Gasteiger partial charge on any atom is -0.462 e. The summed E-state index contributed by atoms with van der Waals surface area (Å²) in [6.45, 7) is 4.70. The molecule has 19 heteroatoms. The van der Waals surface area contributed by atoms with Gasteiger partial charge in [0.1, 0.15) is 19.3 Å². The molecule has 0 aromatic heterocycles. The molecule has 0 heterocycles. The number of esters is 4. The largest absolute Gasteiger partial charge is 0.472 e. The Bertz CT molecular complexity index is 2310. The van der Waals surface area contributed by atoms with Crippen LogP contribution < -0.4 is 0 Å². The van der Waals surface area contributed by atoms with Gasteiger partial charge >= 0.3 is 39.5 Å². The molecule has 0 saturated carbocycles. The third-order valence-corrected chi connectivity index (χ3v) is 19.0. The van der Waals surface area contributed by atoms with Gasteiger partial charge in [-0.15, -0.1) is 0 Å². The summed E-state index contributed by atoms with van der Waals surface area (Å²) in [6.07, 6.45) is 79.6. The summed E-state index contributed by atoms with van der Waals surface area (Å²) in [6, 6.07) is 0. The van der Waals surface area contributed by atoms with Crippen molar-refractivity contribution in [3.8, 4) is 0 Å². The summed E-state index contributed by atoms with van der Waals surface area (Å²) in [4.78, 5) is 73.0. The number of carbonyl (C=O) groups is 4. The zero-order chi connectivity index (χ0) is 74.6. The van der Waals surface area contributed by atoms with Crippen molar-refractivity contribution in [1.29, 1.82) is 0 Å². The molecule has 590 valence electrons. The number of phosphoric acid groups is 2. The van der Waals surface area contributed by atoms with Crippen LogP contribution in [0.1, 0.15) is 349 Å². The molecule has 0 saturated heterocycles. The molecular formula is C83H146O17P2. The molecule has 102 heavy (non-hydrogen) atoms. The molecule has 0 aliphatic rings. The average Bonchev–Trinajstić information content (AvgIpc) is 0.926. The Kier molecular flexibility index (Phi) is 72.3. The van der Waals surface area contributed by atoms with Crippen LogP contribution in [0.15, 0.2) is 97.2 Å². The maximum absolute atomic E-state index is 13.1. The molecule has 0 aromatic rings. The molecule has 0 bridgehead atoms. The number of phosphoric ester groups is 2. The summed E-state index contributed by atoms with van der Waals surface area (Å²) in [5.74, 6) is -2.23. The number of ether oxygens (including phenoxy) is 4. The molecule has 3 N–H and O–H groups in total. The quantitative estimate of drug-likeness (QED) is 0.0169. The van der Waals surface area contributed by atoms with Crippen LogP contribution in [0.5, 0.6) is 0 Å². The topological polar surface area (TPSA) is 237 Å². The van der Waals surface area contributed by atoms with Gasteiger partial charge in [0, 0.05) is 25.7 Å². The van der Waals surface area contributed by atoms with E-state index in [-0.39, 0.29) is 25.7 Å². The molecule has 5 unspecified atom stereocenters. The van der Waals surface area contributed by atoms with Crippen LogP contribution in [0.25, 0.3) is 0 Å². The van der Waals surface area contributed by atoms with Crippen molar-refractivity contribution in [3.05, 3.63) is 97.2 Å². The average molecular weight is 1480 g/mol. The number of aliphatic hydroxyl groups excluding tert-OH is 1. The third kappa shape index (κ3) is 74.3. The molecule has 0 spiro atoms. The SMILES string of the molecule is CC/C=C\C/C=C\C/C=C\C/C=C\C/C=C\CCCC(=O)OCC(COP(=O)(O)OCC(O)COP(=O)(O)OCC(COC(=O)CCCCCCCC/C=C\C/C=C\C/C=C\CCCCC)OC(=O)CCCCCCCCCCCCCCCCC)OC(=O)CCCCCCCCCCCCC. The van der Waals surface area contributed by atoms with Crippen LogP contribution in [-0.4, -0.2) is 96.7 Å². The van der Waals surface area contributed by atoms with Crippen LogP contribution in [-0.2, 0) is 65.4 Å². The molecule has 17 nitrogen and oxygen atoms in total. The second-order valence-corrected chi connectivity index (χ2v) is 29.9. The molecule has 0 aromatic carbocycles. The smallest absolute Gasteiger partial charge is 0.462 e. The fraction of sp³-hybridized carbons (Fsp3) is 0.759. The number of hydrogen-bond acceptors (Lipinski definition) is 15. The number of hydrogen-bond donors (Lipinski definition) is 3. The molecule has 0 amide bonds. The summed E-state index contributed by atoms with van der Waals surface area (Å²) >= 11 is 0. The first-order chi connectivity index (χ1) is 49.7. The van der Waals surface area contributed by atoms with Crippen LogP contribution in [0, 0.1) is 0 Å². The lowest BCUT2D eigenvalue weighted by Gasteiger charge is -2.21. The lowest BCUT2D eigenvalue weighted by atomic mass is 10.0. The first-order valence-corrected chi connectivity index (χ1v) is 43.5. The van der Waals surface area contributed by atoms with Crippen molar-refractivity contribution in [3.63, 3.8) is 0 Å². The van der Waals surface area contributed by atoms with Crippen LogP contribution >= 0.6 is 15.6 Å². The van der Waals surface area contributed by atoms with E-state index < -0.39 is 97.5 Å². The van der Waals surface area contributed by atoms with E-state index in [1.54, 1.807) is 0 Å². The lowest BCUT2D eigenvalue weighted by molar-refractivity contribution is -0.161. The first kappa shape index (κ1) is 98.0. The Balaban J connectivity index is 5.35. The predicted molar refractivity (Wildman–Crippen MR) is 418 cm³/mol. The normalized spacial score (nSPS) is 14.4. The second kappa shape index (κ2) is 75.2. The van der Waals surface area contributed by atoms with Gasteiger partial charge < -0.3 is 33.8 Å². The van der Waals surface area contributed by atoms with Crippen molar-refractivity contribution in [2.24, 2.45) is 0 Å². The Labute approximate surface area is 620 Å². The molecule has 0 aliphatic heterocycles. The van der Waals surface area contributed by atoms with Gasteiger partial charge in [0.05, 0.1) is 26.4 Å². The first-order valence-electron chi connectivity index (χ1n) is 40.5. The molecule has 5 atom stereocenters. The number of aliphatic hydroxyl groups is 1. The number of rotatable bonds is 76. The van der Waals surface area contributed by atoms with E-state index in [1.165, 1.54) is 122 Å². The van der Waals surface area contributed by atoms with Gasteiger partial charge in [-0.25, -0.2) is 9.13 Å². The van der Waals surface area contributed by atoms with Gasteiger partial charge in [0.2, 0.25) is 0 Å². The summed E-state index contributed by atoms with van der Waals surface area (Å²) in [7, 11) is -9.96. The third-order valence-electron chi connectivity index (χ3n) is 17.1. The van der Waals surface area contributed by atoms with Crippen LogP contribution in [0.2, 0.25) is 0 Å². The van der Waals surface area contributed by atoms with E-state index in [9.17, 15) is 43.2 Å². The van der Waals surface area contributed by atoms with Crippen molar-refractivity contribution in [1.82, 2.24) is 0 Å². The highest BCUT2D eigenvalue weighted by molar-refractivity contribution is 7.47. The number of unbranched alkanes of at least 4 members (excludes halogenated alkanes) is 34. The van der Waals surface area contributed by atoms with Crippen LogP contribution in [0.3, 0.4) is 0 Å². The van der Waals surface area contributed by atoms with Crippen molar-refractivity contribution >= 4 is 39.5 Å². The van der Waals surface area contributed by atoms with E-state index in [1.807, 2.05) is 12.2 Å². The van der Waals surface area contributed by atoms with E-state index >= 15 is 0 Å². The molecule has 0 rings (SSSR count). The molecule has 0 fully saturated rings. The summed E-state index contributed by atoms with van der Waals surface area (Å²) in [5, 5.41) is 10.6. The van der Waals surface area contributed by atoms with Gasteiger partial charge in [0.15, 0.2) is 12.2 Å². The zero-order valence-electron chi connectivity index (χ0n) is 64.5. The predicted octanol–water partition coefficient (Wildman–Crippen LogP) is 23.6. The minimum absolute atomic E-state index is 0.0851. The lowest BCUT2D eigenvalue weighted by Crippen LogP contribution is -2.30. The van der Waals surface area contributed by atoms with E-state index in [4.69, 9.17) is 37.0 Å². The summed E-state index contributed by atoms with van der Waals surface area (Å²) < 4.78 is 68.5. The molecule has 0 radical (unpaired) electrons. The Morgan fingerprint density at radius 3 is 0.843 bits per heavy atom. The van der Waals surface area contributed by atoms with Gasteiger partial charge in [0.25, 0.3) is 0 Å². The van der Waals surface area contributed by atoms with Gasteiger partial charge in [-0.05, 0) is 103 Å². The standard InChI is InChI=1S/C83H146O17P2/c1-5-9-13-17-21-25-29-32-35-37-38-40-43-45-49-52-56-60-64-68-81(86)94-74-79(100-83(88)70-66-62-58-54-50-46-41-34-31-27-23-19-15-11-7-3)76-98-102(91,92)96-72-77(84)71-95-101(89,90)97-75-78(99-82(87)69-65-61-57-53-47-28-24-20-16-12-8-4)73-93-80(85)67-63-59-55-51-48-44-42-39-36-33-30-26-22-18-14-10-6-2/h10,14,21-22,25-26,32-33,35-36,38,40,42,44,51,55,77-79,84H,5-9,11-13,15-20,23-24,27-31,34,37,39,41,43,45-50,52-54,56-76H2,1-4H3,(H,89,90)(H,91,92)/b14-10-,25-21-,26-22-,35-32-,36-33-,40-38-,44-42-,55-51-. The zero-order valence-corrected chi connectivity index (χ0v) is 66.3. The van der Waals surface area contributed by atoms with Crippen molar-refractivity contribution in [2.75, 3.05) is 39.6 Å². The maximum Gasteiger partial charge on any atom is 0.472 e. The fourth-order valence-corrected chi connectivity index (χ4v) is 12.5. The monoisotopic (exact) mass is 1480 g/mol. The van der Waals surface area contributed by atoms with E-state index in [2.05, 4.69) is 113 Å². The number of allylic oxidation sites excluding steroid dienone is 16. The van der Waals surface area contributed by atoms with Gasteiger partial charge in [-0.1, -0.05) is 318 Å². The van der Waals surface area contributed by atoms with E-state index in [0.717, 1.165) is 141 Å². The van der Waals surface area contributed by atoms with E-state index in [0.29, 0.717) is 32.1 Å².